The molecule has 2 saturated heterocycles. The van der Waals surface area contributed by atoms with Crippen molar-refractivity contribution in [3.8, 4) is 5.75 Å². The van der Waals surface area contributed by atoms with Crippen LogP contribution in [0.5, 0.6) is 5.75 Å². The van der Waals surface area contributed by atoms with Crippen LogP contribution in [0.25, 0.3) is 0 Å². The molecule has 0 radical (unpaired) electrons. The van der Waals surface area contributed by atoms with Crippen LogP contribution >= 0.6 is 0 Å². The Hall–Kier alpha value is -1.42. The SMILES string of the molecule is COc1cc2c(cc1N1CCN3CCC[C@H]3C1)NCC2. The number of rotatable bonds is 2. The summed E-state index contributed by atoms with van der Waals surface area (Å²) in [7, 11) is 1.79. The van der Waals surface area contributed by atoms with E-state index in [9.17, 15) is 0 Å². The number of hydrogen-bond donors (Lipinski definition) is 1. The standard InChI is InChI=1S/C16H23N3O/c1-20-16-9-12-4-5-17-14(12)10-15(16)19-8-7-18-6-2-3-13(18)11-19/h9-10,13,17H,2-8,11H2,1H3/t13-/m0/s1. The lowest BCUT2D eigenvalue weighted by molar-refractivity contribution is 0.230. The lowest BCUT2D eigenvalue weighted by Gasteiger charge is -2.39. The number of fused-ring (bicyclic) bond motifs is 2. The second kappa shape index (κ2) is 4.85. The average molecular weight is 273 g/mol. The van der Waals surface area contributed by atoms with E-state index in [4.69, 9.17) is 4.74 Å². The summed E-state index contributed by atoms with van der Waals surface area (Å²) in [5.41, 5.74) is 3.96. The number of benzene rings is 1. The third-order valence-corrected chi connectivity index (χ3v) is 5.04. The molecule has 0 aliphatic carbocycles. The van der Waals surface area contributed by atoms with Crippen molar-refractivity contribution in [3.05, 3.63) is 17.7 Å². The molecule has 0 amide bonds. The smallest absolute Gasteiger partial charge is 0.142 e. The van der Waals surface area contributed by atoms with Crippen LogP contribution in [0.3, 0.4) is 0 Å². The molecule has 0 spiro atoms. The summed E-state index contributed by atoms with van der Waals surface area (Å²) in [6.45, 7) is 5.80. The van der Waals surface area contributed by atoms with Crippen LogP contribution in [0, 0.1) is 0 Å². The first-order chi connectivity index (χ1) is 9.85. The molecule has 1 aromatic rings. The molecule has 4 nitrogen and oxygen atoms in total. The van der Waals surface area contributed by atoms with Gasteiger partial charge in [-0.25, -0.2) is 0 Å². The summed E-state index contributed by atoms with van der Waals surface area (Å²) in [5, 5.41) is 3.48. The highest BCUT2D eigenvalue weighted by molar-refractivity contribution is 5.71. The van der Waals surface area contributed by atoms with Crippen molar-refractivity contribution in [1.29, 1.82) is 0 Å². The Kier molecular flexibility index (Phi) is 2.99. The highest BCUT2D eigenvalue weighted by Crippen LogP contribution is 2.38. The van der Waals surface area contributed by atoms with Gasteiger partial charge in [0, 0.05) is 37.9 Å². The van der Waals surface area contributed by atoms with Crippen molar-refractivity contribution >= 4 is 11.4 Å². The molecule has 20 heavy (non-hydrogen) atoms. The van der Waals surface area contributed by atoms with Gasteiger partial charge < -0.3 is 15.0 Å². The van der Waals surface area contributed by atoms with Gasteiger partial charge in [0.1, 0.15) is 5.75 Å². The normalized spacial score (nSPS) is 25.2. The Bertz CT molecular complexity index is 517. The molecular weight excluding hydrogens is 250 g/mol. The molecule has 4 rings (SSSR count). The second-order valence-electron chi connectivity index (χ2n) is 6.14. The maximum atomic E-state index is 5.65. The molecular formula is C16H23N3O. The monoisotopic (exact) mass is 273 g/mol. The third kappa shape index (κ3) is 1.94. The molecule has 1 N–H and O–H groups in total. The molecule has 0 aromatic heterocycles. The van der Waals surface area contributed by atoms with Crippen LogP contribution in [0.15, 0.2) is 12.1 Å². The zero-order valence-corrected chi connectivity index (χ0v) is 12.2. The lowest BCUT2D eigenvalue weighted by Crippen LogP contribution is -2.50. The molecule has 4 heteroatoms. The van der Waals surface area contributed by atoms with E-state index in [1.54, 1.807) is 7.11 Å². The zero-order chi connectivity index (χ0) is 13.5. The Balaban J connectivity index is 1.64. The van der Waals surface area contributed by atoms with Crippen LogP contribution in [-0.4, -0.2) is 50.8 Å². The highest BCUT2D eigenvalue weighted by Gasteiger charge is 2.32. The van der Waals surface area contributed by atoms with Crippen molar-refractivity contribution in [2.45, 2.75) is 25.3 Å². The highest BCUT2D eigenvalue weighted by atomic mass is 16.5. The molecule has 108 valence electrons. The lowest BCUT2D eigenvalue weighted by atomic mass is 10.1. The fourth-order valence-electron chi connectivity index (χ4n) is 3.93. The average Bonchev–Trinajstić information content (AvgIpc) is 3.13. The Morgan fingerprint density at radius 3 is 3.10 bits per heavy atom. The Morgan fingerprint density at radius 2 is 2.20 bits per heavy atom. The first-order valence-corrected chi connectivity index (χ1v) is 7.79. The molecule has 3 heterocycles. The largest absolute Gasteiger partial charge is 0.495 e. The van der Waals surface area contributed by atoms with E-state index >= 15 is 0 Å². The van der Waals surface area contributed by atoms with Crippen molar-refractivity contribution in [3.63, 3.8) is 0 Å². The van der Waals surface area contributed by atoms with E-state index in [1.807, 2.05) is 0 Å². The molecule has 1 aromatic carbocycles. The van der Waals surface area contributed by atoms with E-state index in [2.05, 4.69) is 27.2 Å². The van der Waals surface area contributed by atoms with E-state index in [1.165, 1.54) is 42.9 Å². The van der Waals surface area contributed by atoms with Gasteiger partial charge in [0.25, 0.3) is 0 Å². The van der Waals surface area contributed by atoms with Gasteiger partial charge in [0.2, 0.25) is 0 Å². The summed E-state index contributed by atoms with van der Waals surface area (Å²) >= 11 is 0. The third-order valence-electron chi connectivity index (χ3n) is 5.04. The minimum absolute atomic E-state index is 0.745. The van der Waals surface area contributed by atoms with Gasteiger partial charge in [-0.3, -0.25) is 4.90 Å². The molecule has 0 saturated carbocycles. The summed E-state index contributed by atoms with van der Waals surface area (Å²) in [6.07, 6.45) is 3.83. The molecule has 0 unspecified atom stereocenters. The maximum absolute atomic E-state index is 5.65. The van der Waals surface area contributed by atoms with Crippen LogP contribution in [0.4, 0.5) is 11.4 Å². The van der Waals surface area contributed by atoms with Crippen molar-refractivity contribution in [1.82, 2.24) is 4.90 Å². The number of nitrogens with one attached hydrogen (secondary N) is 1. The first-order valence-electron chi connectivity index (χ1n) is 7.79. The van der Waals surface area contributed by atoms with Gasteiger partial charge in [0.05, 0.1) is 12.8 Å². The predicted molar refractivity (Wildman–Crippen MR) is 82.0 cm³/mol. The Labute approximate surface area is 120 Å². The quantitative estimate of drug-likeness (QED) is 0.891. The number of piperazine rings is 1. The summed E-state index contributed by atoms with van der Waals surface area (Å²) in [4.78, 5) is 5.17. The maximum Gasteiger partial charge on any atom is 0.142 e. The number of methoxy groups -OCH3 is 1. The topological polar surface area (TPSA) is 27.7 Å². The van der Waals surface area contributed by atoms with Gasteiger partial charge in [-0.2, -0.15) is 0 Å². The zero-order valence-electron chi connectivity index (χ0n) is 12.2. The van der Waals surface area contributed by atoms with E-state index in [-0.39, 0.29) is 0 Å². The minimum Gasteiger partial charge on any atom is -0.495 e. The van der Waals surface area contributed by atoms with E-state index in [0.717, 1.165) is 37.8 Å². The van der Waals surface area contributed by atoms with Gasteiger partial charge in [-0.05, 0) is 43.5 Å². The number of hydrogen-bond acceptors (Lipinski definition) is 4. The fraction of sp³-hybridized carbons (Fsp3) is 0.625. The van der Waals surface area contributed by atoms with Crippen molar-refractivity contribution in [2.75, 3.05) is 50.1 Å². The number of anilines is 2. The van der Waals surface area contributed by atoms with Gasteiger partial charge in [0.15, 0.2) is 0 Å². The first kappa shape index (κ1) is 12.3. The number of ether oxygens (including phenoxy) is 1. The second-order valence-corrected chi connectivity index (χ2v) is 6.14. The molecule has 0 bridgehead atoms. The Morgan fingerprint density at radius 1 is 1.25 bits per heavy atom. The summed E-state index contributed by atoms with van der Waals surface area (Å²) < 4.78 is 5.65. The van der Waals surface area contributed by atoms with Crippen molar-refractivity contribution in [2.24, 2.45) is 0 Å². The summed E-state index contributed by atoms with van der Waals surface area (Å²) in [5.74, 6) is 1.04. The molecule has 3 aliphatic heterocycles. The minimum atomic E-state index is 0.745. The molecule has 2 fully saturated rings. The number of nitrogens with zero attached hydrogens (tertiary/aromatic N) is 2. The van der Waals surface area contributed by atoms with Crippen LogP contribution in [0.2, 0.25) is 0 Å². The van der Waals surface area contributed by atoms with Crippen molar-refractivity contribution < 1.29 is 4.74 Å². The summed E-state index contributed by atoms with van der Waals surface area (Å²) in [6, 6.07) is 5.27. The van der Waals surface area contributed by atoms with Gasteiger partial charge >= 0.3 is 0 Å². The predicted octanol–water partition coefficient (Wildman–Crippen LogP) is 1.95. The van der Waals surface area contributed by atoms with Gasteiger partial charge in [-0.15, -0.1) is 0 Å². The van der Waals surface area contributed by atoms with E-state index < -0.39 is 0 Å². The van der Waals surface area contributed by atoms with Crippen LogP contribution in [-0.2, 0) is 6.42 Å². The van der Waals surface area contributed by atoms with Crippen LogP contribution < -0.4 is 15.0 Å². The fourth-order valence-corrected chi connectivity index (χ4v) is 3.93. The molecule has 3 aliphatic rings. The molecule has 1 atom stereocenters. The van der Waals surface area contributed by atoms with E-state index in [0.29, 0.717) is 0 Å². The van der Waals surface area contributed by atoms with Gasteiger partial charge in [-0.1, -0.05) is 0 Å². The van der Waals surface area contributed by atoms with Crippen LogP contribution in [0.1, 0.15) is 18.4 Å².